The highest BCUT2D eigenvalue weighted by Crippen LogP contribution is 2.46. The van der Waals surface area contributed by atoms with Crippen molar-refractivity contribution in [3.05, 3.63) is 105 Å². The highest BCUT2D eigenvalue weighted by atomic mass is 16.6. The number of para-hydroxylation sites is 1. The van der Waals surface area contributed by atoms with Crippen LogP contribution in [0.25, 0.3) is 0 Å². The maximum Gasteiger partial charge on any atom is 0.343 e. The number of fused-ring (bicyclic) bond motifs is 1. The molecule has 1 atom stereocenters. The van der Waals surface area contributed by atoms with E-state index in [-0.39, 0.29) is 28.5 Å². The summed E-state index contributed by atoms with van der Waals surface area (Å²) in [5.41, 5.74) is 7.83. The minimum atomic E-state index is -0.687. The lowest BCUT2D eigenvalue weighted by atomic mass is 9.83. The van der Waals surface area contributed by atoms with E-state index in [9.17, 15) is 20.2 Å². The lowest BCUT2D eigenvalue weighted by Crippen LogP contribution is -2.21. The molecule has 4 rings (SSSR count). The quantitative estimate of drug-likeness (QED) is 0.151. The number of ether oxygens (including phenoxy) is 3. The van der Waals surface area contributed by atoms with Crippen molar-refractivity contribution in [1.82, 2.24) is 0 Å². The van der Waals surface area contributed by atoms with Crippen molar-refractivity contribution >= 4 is 11.7 Å². The zero-order valence-electron chi connectivity index (χ0n) is 19.5. The molecule has 3 aromatic rings. The van der Waals surface area contributed by atoms with Crippen LogP contribution in [0.1, 0.15) is 47.2 Å². The summed E-state index contributed by atoms with van der Waals surface area (Å²) >= 11 is 0. The minimum absolute atomic E-state index is 0.0443. The predicted octanol–water partition coefficient (Wildman–Crippen LogP) is 5.21. The number of benzene rings is 3. The molecule has 0 radical (unpaired) electrons. The van der Waals surface area contributed by atoms with E-state index in [4.69, 9.17) is 19.9 Å². The number of hydrogen-bond acceptors (Lipinski definition) is 8. The Morgan fingerprint density at radius 2 is 1.89 bits per heavy atom. The van der Waals surface area contributed by atoms with Crippen LogP contribution in [0.2, 0.25) is 0 Å². The van der Waals surface area contributed by atoms with Gasteiger partial charge in [-0.1, -0.05) is 37.6 Å². The molecule has 9 nitrogen and oxygen atoms in total. The Labute approximate surface area is 207 Å². The van der Waals surface area contributed by atoms with Gasteiger partial charge in [0.2, 0.25) is 5.88 Å². The zero-order valence-corrected chi connectivity index (χ0v) is 19.5. The van der Waals surface area contributed by atoms with Gasteiger partial charge in [0.1, 0.15) is 28.9 Å². The van der Waals surface area contributed by atoms with Gasteiger partial charge in [0.05, 0.1) is 23.0 Å². The second kappa shape index (κ2) is 10.6. The van der Waals surface area contributed by atoms with Crippen LogP contribution < -0.4 is 19.9 Å². The van der Waals surface area contributed by atoms with E-state index in [1.54, 1.807) is 12.1 Å². The number of nitrogens with two attached hydrogens (primary N) is 1. The molecule has 9 heteroatoms. The van der Waals surface area contributed by atoms with Gasteiger partial charge in [0, 0.05) is 29.3 Å². The maximum atomic E-state index is 12.6. The van der Waals surface area contributed by atoms with Crippen molar-refractivity contribution in [2.45, 2.75) is 25.7 Å². The largest absolute Gasteiger partial charge is 0.493 e. The number of allylic oxidation sites excluding steroid dienone is 1. The summed E-state index contributed by atoms with van der Waals surface area (Å²) in [4.78, 5) is 22.8. The third-order valence-electron chi connectivity index (χ3n) is 5.70. The molecular weight excluding hydrogens is 462 g/mol. The molecule has 0 spiro atoms. The average Bonchev–Trinajstić information content (AvgIpc) is 2.88. The van der Waals surface area contributed by atoms with Crippen LogP contribution in [-0.2, 0) is 0 Å². The van der Waals surface area contributed by atoms with Crippen LogP contribution in [-0.4, -0.2) is 17.5 Å². The molecule has 2 N–H and O–H groups in total. The fourth-order valence-electron chi connectivity index (χ4n) is 3.88. The van der Waals surface area contributed by atoms with Crippen molar-refractivity contribution in [1.29, 1.82) is 5.26 Å². The molecule has 1 heterocycles. The second-order valence-electron chi connectivity index (χ2n) is 8.06. The number of esters is 1. The Morgan fingerprint density at radius 3 is 2.58 bits per heavy atom. The Balaban J connectivity index is 1.65. The first-order valence-electron chi connectivity index (χ1n) is 11.3. The molecule has 36 heavy (non-hydrogen) atoms. The summed E-state index contributed by atoms with van der Waals surface area (Å²) in [6.45, 7) is 2.62. The molecule has 3 aromatic carbocycles. The molecule has 0 aliphatic carbocycles. The number of rotatable bonds is 8. The number of nitriles is 1. The van der Waals surface area contributed by atoms with Crippen LogP contribution in [0.15, 0.2) is 78.2 Å². The topological polar surface area (TPSA) is 138 Å². The van der Waals surface area contributed by atoms with Crippen molar-refractivity contribution in [3.8, 4) is 23.3 Å². The molecule has 182 valence electrons. The van der Waals surface area contributed by atoms with Crippen molar-refractivity contribution in [2.24, 2.45) is 5.73 Å². The average molecular weight is 485 g/mol. The van der Waals surface area contributed by atoms with Gasteiger partial charge in [-0.3, -0.25) is 10.1 Å². The number of nitro benzene ring substituents is 1. The summed E-state index contributed by atoms with van der Waals surface area (Å²) in [5, 5.41) is 20.7. The molecule has 0 fully saturated rings. The lowest BCUT2D eigenvalue weighted by Gasteiger charge is -2.28. The number of hydrogen-bond donors (Lipinski definition) is 1. The van der Waals surface area contributed by atoms with Gasteiger partial charge in [-0.2, -0.15) is 5.26 Å². The monoisotopic (exact) mass is 485 g/mol. The van der Waals surface area contributed by atoms with Crippen molar-refractivity contribution in [2.75, 3.05) is 6.61 Å². The van der Waals surface area contributed by atoms with Gasteiger partial charge in [-0.15, -0.1) is 0 Å². The first kappa shape index (κ1) is 24.3. The molecule has 0 saturated heterocycles. The first-order chi connectivity index (χ1) is 17.4. The summed E-state index contributed by atoms with van der Waals surface area (Å²) in [5.74, 6) is -0.0789. The van der Waals surface area contributed by atoms with Crippen LogP contribution >= 0.6 is 0 Å². The summed E-state index contributed by atoms with van der Waals surface area (Å²) in [7, 11) is 0. The van der Waals surface area contributed by atoms with Gasteiger partial charge in [-0.25, -0.2) is 4.79 Å². The SMILES string of the molecule is CCCCOc1ccccc1C1C(C#N)=C(N)Oc2cc(OC(=O)c3ccc([N+](=O)[O-])cc3)ccc21. The summed E-state index contributed by atoms with van der Waals surface area (Å²) < 4.78 is 17.2. The standard InChI is InChI=1S/C27H23N3O6/c1-2-3-14-34-23-7-5-4-6-20(23)25-21-13-12-19(15-24(21)36-26(29)22(25)16-28)35-27(31)17-8-10-18(11-9-17)30(32)33/h4-13,15,25H,2-3,14,29H2,1H3. The van der Waals surface area contributed by atoms with E-state index in [0.29, 0.717) is 23.7 Å². The second-order valence-corrected chi connectivity index (χ2v) is 8.06. The van der Waals surface area contributed by atoms with Gasteiger partial charge in [0.25, 0.3) is 5.69 Å². The smallest absolute Gasteiger partial charge is 0.343 e. The Morgan fingerprint density at radius 1 is 1.14 bits per heavy atom. The zero-order chi connectivity index (χ0) is 25.7. The molecule has 0 aromatic heterocycles. The number of unbranched alkanes of at least 4 members (excludes halogenated alkanes) is 1. The van der Waals surface area contributed by atoms with Crippen LogP contribution in [0.4, 0.5) is 5.69 Å². The van der Waals surface area contributed by atoms with E-state index >= 15 is 0 Å². The van der Waals surface area contributed by atoms with Crippen molar-refractivity contribution in [3.63, 3.8) is 0 Å². The van der Waals surface area contributed by atoms with Gasteiger partial charge >= 0.3 is 5.97 Å². The number of carbonyl (C=O) groups is 1. The Kier molecular flexibility index (Phi) is 7.16. The molecule has 1 aliphatic heterocycles. The predicted molar refractivity (Wildman–Crippen MR) is 131 cm³/mol. The number of non-ortho nitro benzene ring substituents is 1. The van der Waals surface area contributed by atoms with E-state index < -0.39 is 16.8 Å². The third kappa shape index (κ3) is 4.98. The molecule has 0 saturated carbocycles. The maximum absolute atomic E-state index is 12.6. The third-order valence-corrected chi connectivity index (χ3v) is 5.70. The van der Waals surface area contributed by atoms with Gasteiger partial charge < -0.3 is 19.9 Å². The molecule has 1 aliphatic rings. The highest BCUT2D eigenvalue weighted by Gasteiger charge is 2.33. The van der Waals surface area contributed by atoms with Crippen LogP contribution in [0.5, 0.6) is 17.2 Å². The first-order valence-corrected chi connectivity index (χ1v) is 11.3. The summed E-state index contributed by atoms with van der Waals surface area (Å²) in [6, 6.07) is 19.5. The van der Waals surface area contributed by atoms with Gasteiger partial charge in [-0.05, 0) is 30.7 Å². The fourth-order valence-corrected chi connectivity index (χ4v) is 3.88. The Bertz CT molecular complexity index is 1380. The molecule has 0 amide bonds. The van der Waals surface area contributed by atoms with E-state index in [0.717, 1.165) is 18.4 Å². The molecular formula is C27H23N3O6. The van der Waals surface area contributed by atoms with Gasteiger partial charge in [0.15, 0.2) is 0 Å². The highest BCUT2D eigenvalue weighted by molar-refractivity contribution is 5.91. The minimum Gasteiger partial charge on any atom is -0.493 e. The number of carbonyl (C=O) groups excluding carboxylic acids is 1. The summed E-state index contributed by atoms with van der Waals surface area (Å²) in [6.07, 6.45) is 1.88. The fraction of sp³-hybridized carbons (Fsp3) is 0.185. The normalized spacial score (nSPS) is 14.3. The Hall–Kier alpha value is -4.84. The van der Waals surface area contributed by atoms with Crippen LogP contribution in [0, 0.1) is 21.4 Å². The number of nitrogens with zero attached hydrogens (tertiary/aromatic N) is 2. The lowest BCUT2D eigenvalue weighted by molar-refractivity contribution is -0.384. The number of nitro groups is 1. The molecule has 0 bridgehead atoms. The van der Waals surface area contributed by atoms with E-state index in [2.05, 4.69) is 13.0 Å². The molecule has 1 unspecified atom stereocenters. The van der Waals surface area contributed by atoms with Crippen LogP contribution in [0.3, 0.4) is 0 Å². The van der Waals surface area contributed by atoms with E-state index in [1.807, 2.05) is 24.3 Å². The van der Waals surface area contributed by atoms with Crippen molar-refractivity contribution < 1.29 is 23.9 Å². The van der Waals surface area contributed by atoms with E-state index in [1.165, 1.54) is 30.3 Å².